The quantitative estimate of drug-likeness (QED) is 0.716. The Morgan fingerprint density at radius 2 is 1.96 bits per heavy atom. The van der Waals surface area contributed by atoms with E-state index in [2.05, 4.69) is 10.3 Å². The van der Waals surface area contributed by atoms with E-state index in [4.69, 9.17) is 10.00 Å². The first kappa shape index (κ1) is 20.9. The van der Waals surface area contributed by atoms with Gasteiger partial charge >= 0.3 is 5.97 Å². The first-order valence-corrected chi connectivity index (χ1v) is 9.03. The van der Waals surface area contributed by atoms with E-state index in [1.807, 2.05) is 31.2 Å². The first-order chi connectivity index (χ1) is 13.4. The zero-order chi connectivity index (χ0) is 20.7. The van der Waals surface area contributed by atoms with Crippen LogP contribution < -0.4 is 10.9 Å². The predicted octanol–water partition coefficient (Wildman–Crippen LogP) is 2.54. The van der Waals surface area contributed by atoms with Gasteiger partial charge in [0.15, 0.2) is 6.61 Å². The third kappa shape index (κ3) is 5.07. The summed E-state index contributed by atoms with van der Waals surface area (Å²) in [7, 11) is 0. The van der Waals surface area contributed by atoms with Crippen LogP contribution in [0.2, 0.25) is 0 Å². The molecule has 1 aromatic heterocycles. The van der Waals surface area contributed by atoms with Gasteiger partial charge in [0.25, 0.3) is 11.5 Å². The number of para-hydroxylation sites is 1. The summed E-state index contributed by atoms with van der Waals surface area (Å²) in [5, 5.41) is 11.8. The molecule has 2 aromatic rings. The number of hydrogen-bond acceptors (Lipinski definition) is 5. The number of carbonyl (C=O) groups is 2. The molecule has 7 heteroatoms. The molecule has 0 spiro atoms. The fourth-order valence-corrected chi connectivity index (χ4v) is 3.00. The molecule has 0 aliphatic rings. The minimum Gasteiger partial charge on any atom is -0.456 e. The maximum atomic E-state index is 12.0. The van der Waals surface area contributed by atoms with Crippen LogP contribution >= 0.6 is 0 Å². The number of H-pyrrole nitrogens is 1. The number of ether oxygens (including phenoxy) is 1. The second-order valence-electron chi connectivity index (χ2n) is 6.39. The largest absolute Gasteiger partial charge is 0.456 e. The summed E-state index contributed by atoms with van der Waals surface area (Å²) in [6, 6.07) is 9.32. The van der Waals surface area contributed by atoms with Crippen molar-refractivity contribution in [2.45, 2.75) is 40.0 Å². The lowest BCUT2D eigenvalue weighted by Gasteiger charge is -2.11. The van der Waals surface area contributed by atoms with Crippen LogP contribution in [0.1, 0.15) is 41.3 Å². The van der Waals surface area contributed by atoms with Gasteiger partial charge in [-0.2, -0.15) is 5.26 Å². The van der Waals surface area contributed by atoms with Gasteiger partial charge in [-0.3, -0.25) is 14.4 Å². The van der Waals surface area contributed by atoms with E-state index < -0.39 is 17.4 Å². The van der Waals surface area contributed by atoms with Gasteiger partial charge in [-0.15, -0.1) is 0 Å². The van der Waals surface area contributed by atoms with Gasteiger partial charge in [-0.25, -0.2) is 0 Å². The van der Waals surface area contributed by atoms with Crippen LogP contribution in [0.3, 0.4) is 0 Å². The summed E-state index contributed by atoms with van der Waals surface area (Å²) < 4.78 is 5.04. The lowest BCUT2D eigenvalue weighted by atomic mass is 9.99. The number of aromatic amines is 1. The van der Waals surface area contributed by atoms with Gasteiger partial charge in [-0.05, 0) is 49.4 Å². The van der Waals surface area contributed by atoms with Crippen LogP contribution in [0.5, 0.6) is 0 Å². The summed E-state index contributed by atoms with van der Waals surface area (Å²) in [5.41, 5.74) is 3.22. The monoisotopic (exact) mass is 381 g/mol. The second-order valence-corrected chi connectivity index (χ2v) is 6.39. The van der Waals surface area contributed by atoms with Crippen molar-refractivity contribution in [3.05, 3.63) is 62.6 Å². The number of aromatic nitrogens is 1. The molecule has 0 saturated heterocycles. The molecule has 0 fully saturated rings. The van der Waals surface area contributed by atoms with E-state index in [1.54, 1.807) is 19.9 Å². The van der Waals surface area contributed by atoms with Gasteiger partial charge in [0, 0.05) is 17.8 Å². The standard InChI is InChI=1S/C21H23N3O4/c1-4-15-7-5-6-8-18(15)24-19(25)12-28-20(26)10-9-16-13(2)17(11-22)21(27)23-14(16)3/h5-8H,4,9-10,12H2,1-3H3,(H,23,27)(H,24,25). The molecule has 0 aliphatic heterocycles. The number of nitrogens with zero attached hydrogens (tertiary/aromatic N) is 1. The number of nitrogens with one attached hydrogen (secondary N) is 2. The highest BCUT2D eigenvalue weighted by Crippen LogP contribution is 2.16. The number of nitriles is 1. The smallest absolute Gasteiger partial charge is 0.306 e. The molecular weight excluding hydrogens is 358 g/mol. The fourth-order valence-electron chi connectivity index (χ4n) is 3.00. The second kappa shape index (κ2) is 9.51. The van der Waals surface area contributed by atoms with Gasteiger partial charge < -0.3 is 15.0 Å². The highest BCUT2D eigenvalue weighted by Gasteiger charge is 2.15. The van der Waals surface area contributed by atoms with Crippen LogP contribution in [-0.2, 0) is 27.2 Å². The number of amides is 1. The average Bonchev–Trinajstić information content (AvgIpc) is 2.66. The normalized spacial score (nSPS) is 10.2. The summed E-state index contributed by atoms with van der Waals surface area (Å²) in [6.07, 6.45) is 1.12. The number of esters is 1. The molecule has 146 valence electrons. The lowest BCUT2D eigenvalue weighted by Crippen LogP contribution is -2.22. The number of benzene rings is 1. The number of anilines is 1. The van der Waals surface area contributed by atoms with Crippen LogP contribution in [0.4, 0.5) is 5.69 Å². The number of hydrogen-bond donors (Lipinski definition) is 2. The predicted molar refractivity (Wildman–Crippen MR) is 105 cm³/mol. The van der Waals surface area contributed by atoms with Crippen LogP contribution in [0.25, 0.3) is 0 Å². The maximum absolute atomic E-state index is 12.0. The van der Waals surface area contributed by atoms with Crippen LogP contribution in [0, 0.1) is 25.2 Å². The zero-order valence-electron chi connectivity index (χ0n) is 16.2. The molecule has 2 rings (SSSR count). The number of aryl methyl sites for hydroxylation is 2. The van der Waals surface area contributed by atoms with Crippen molar-refractivity contribution in [1.82, 2.24) is 4.98 Å². The van der Waals surface area contributed by atoms with E-state index in [0.29, 0.717) is 23.4 Å². The molecule has 28 heavy (non-hydrogen) atoms. The molecule has 0 aliphatic carbocycles. The van der Waals surface area contributed by atoms with Crippen molar-refractivity contribution in [3.8, 4) is 6.07 Å². The van der Waals surface area contributed by atoms with Crippen molar-refractivity contribution in [2.24, 2.45) is 0 Å². The Bertz CT molecular complexity index is 986. The Labute approximate surface area is 163 Å². The summed E-state index contributed by atoms with van der Waals surface area (Å²) >= 11 is 0. The number of pyridine rings is 1. The van der Waals surface area contributed by atoms with Crippen molar-refractivity contribution >= 4 is 17.6 Å². The van der Waals surface area contributed by atoms with Crippen LogP contribution in [-0.4, -0.2) is 23.5 Å². The molecule has 7 nitrogen and oxygen atoms in total. The third-order valence-corrected chi connectivity index (χ3v) is 4.54. The molecule has 0 bridgehead atoms. The minimum absolute atomic E-state index is 0.0391. The Hall–Kier alpha value is -3.40. The zero-order valence-corrected chi connectivity index (χ0v) is 16.2. The lowest BCUT2D eigenvalue weighted by molar-refractivity contribution is -0.147. The number of carbonyl (C=O) groups excluding carboxylic acids is 2. The molecule has 2 N–H and O–H groups in total. The SMILES string of the molecule is CCc1ccccc1NC(=O)COC(=O)CCc1c(C)[nH]c(=O)c(C#N)c1C. The van der Waals surface area contributed by atoms with Gasteiger partial charge in [0.2, 0.25) is 0 Å². The fraction of sp³-hybridized carbons (Fsp3) is 0.333. The van der Waals surface area contributed by atoms with Gasteiger partial charge in [0.1, 0.15) is 11.6 Å². The first-order valence-electron chi connectivity index (χ1n) is 9.03. The number of rotatable bonds is 7. The van der Waals surface area contributed by atoms with E-state index in [0.717, 1.165) is 17.5 Å². The van der Waals surface area contributed by atoms with Gasteiger partial charge in [0.05, 0.1) is 0 Å². The minimum atomic E-state index is -0.526. The highest BCUT2D eigenvalue weighted by atomic mass is 16.5. The summed E-state index contributed by atoms with van der Waals surface area (Å²) in [5.74, 6) is -0.931. The Balaban J connectivity index is 1.91. The highest BCUT2D eigenvalue weighted by molar-refractivity contribution is 5.93. The molecule has 1 aromatic carbocycles. The molecule has 0 radical (unpaired) electrons. The van der Waals surface area contributed by atoms with Crippen molar-refractivity contribution < 1.29 is 14.3 Å². The van der Waals surface area contributed by atoms with E-state index in [1.165, 1.54) is 0 Å². The van der Waals surface area contributed by atoms with Crippen molar-refractivity contribution in [1.29, 1.82) is 5.26 Å². The van der Waals surface area contributed by atoms with E-state index in [-0.39, 0.29) is 18.6 Å². The van der Waals surface area contributed by atoms with Gasteiger partial charge in [-0.1, -0.05) is 25.1 Å². The van der Waals surface area contributed by atoms with E-state index >= 15 is 0 Å². The van der Waals surface area contributed by atoms with Crippen molar-refractivity contribution in [3.63, 3.8) is 0 Å². The van der Waals surface area contributed by atoms with Crippen molar-refractivity contribution in [2.75, 3.05) is 11.9 Å². The van der Waals surface area contributed by atoms with E-state index in [9.17, 15) is 14.4 Å². The molecule has 0 unspecified atom stereocenters. The maximum Gasteiger partial charge on any atom is 0.306 e. The molecular formula is C21H23N3O4. The average molecular weight is 381 g/mol. The Morgan fingerprint density at radius 3 is 2.64 bits per heavy atom. The Kier molecular flexibility index (Phi) is 7.10. The Morgan fingerprint density at radius 1 is 1.25 bits per heavy atom. The topological polar surface area (TPSA) is 112 Å². The molecule has 1 heterocycles. The molecule has 0 atom stereocenters. The molecule has 0 saturated carbocycles. The summed E-state index contributed by atoms with van der Waals surface area (Å²) in [4.78, 5) is 38.4. The third-order valence-electron chi connectivity index (χ3n) is 4.54. The molecule has 1 amide bonds. The van der Waals surface area contributed by atoms with Crippen LogP contribution in [0.15, 0.2) is 29.1 Å². The summed E-state index contributed by atoms with van der Waals surface area (Å²) in [6.45, 7) is 5.02.